The van der Waals surface area contributed by atoms with Crippen molar-refractivity contribution in [2.75, 3.05) is 32.8 Å². The quantitative estimate of drug-likeness (QED) is 0.319. The van der Waals surface area contributed by atoms with Gasteiger partial charge < -0.3 is 10.1 Å². The van der Waals surface area contributed by atoms with Gasteiger partial charge in [0.25, 0.3) is 10.0 Å². The van der Waals surface area contributed by atoms with Gasteiger partial charge in [0, 0.05) is 18.7 Å². The van der Waals surface area contributed by atoms with Crippen LogP contribution in [-0.2, 0) is 27.5 Å². The van der Waals surface area contributed by atoms with E-state index in [1.165, 1.54) is 35.0 Å². The zero-order valence-corrected chi connectivity index (χ0v) is 25.5. The van der Waals surface area contributed by atoms with E-state index in [1.54, 1.807) is 6.07 Å². The molecule has 43 heavy (non-hydrogen) atoms. The Bertz CT molecular complexity index is 1530. The smallest absolute Gasteiger partial charge is 0.416 e. The Morgan fingerprint density at radius 2 is 1.79 bits per heavy atom. The van der Waals surface area contributed by atoms with Gasteiger partial charge in [0.1, 0.15) is 16.9 Å². The van der Waals surface area contributed by atoms with E-state index in [2.05, 4.69) is 20.2 Å². The number of nitrogens with zero attached hydrogens (tertiary/aromatic N) is 4. The second-order valence-corrected chi connectivity index (χ2v) is 14.2. The summed E-state index contributed by atoms with van der Waals surface area (Å²) < 4.78 is 73.1. The summed E-state index contributed by atoms with van der Waals surface area (Å²) in [5, 5.41) is 2.77. The number of hydrogen-bond acceptors (Lipinski definition) is 8. The molecule has 0 spiro atoms. The first-order valence-corrected chi connectivity index (χ1v) is 16.6. The van der Waals surface area contributed by atoms with Crippen LogP contribution in [0.2, 0.25) is 4.34 Å². The van der Waals surface area contributed by atoms with Gasteiger partial charge in [0.05, 0.1) is 27.8 Å². The number of aromatic nitrogens is 2. The molecule has 2 fully saturated rings. The van der Waals surface area contributed by atoms with Crippen LogP contribution in [0.4, 0.5) is 13.2 Å². The highest BCUT2D eigenvalue weighted by Crippen LogP contribution is 2.33. The molecule has 1 atom stereocenters. The summed E-state index contributed by atoms with van der Waals surface area (Å²) in [7, 11) is -3.90. The maximum Gasteiger partial charge on any atom is 0.416 e. The molecule has 0 aliphatic carbocycles. The van der Waals surface area contributed by atoms with E-state index in [1.807, 2.05) is 0 Å². The summed E-state index contributed by atoms with van der Waals surface area (Å²) in [5.74, 6) is -0.481. The second kappa shape index (κ2) is 13.5. The van der Waals surface area contributed by atoms with E-state index >= 15 is 0 Å². The van der Waals surface area contributed by atoms with Crippen molar-refractivity contribution < 1.29 is 31.1 Å². The van der Waals surface area contributed by atoms with Crippen molar-refractivity contribution in [1.29, 1.82) is 0 Å². The number of thiophene rings is 1. The monoisotopic (exact) mass is 657 g/mol. The van der Waals surface area contributed by atoms with E-state index in [9.17, 15) is 26.4 Å². The van der Waals surface area contributed by atoms with Gasteiger partial charge in [-0.05, 0) is 69.1 Å². The molecular formula is C28H31ClF3N5O4S2. The van der Waals surface area contributed by atoms with E-state index in [4.69, 9.17) is 16.3 Å². The lowest BCUT2D eigenvalue weighted by atomic mass is 10.1. The van der Waals surface area contributed by atoms with E-state index in [0.29, 0.717) is 47.3 Å². The molecule has 2 saturated heterocycles. The number of halogens is 4. The molecule has 2 aliphatic heterocycles. The van der Waals surface area contributed by atoms with Crippen molar-refractivity contribution in [1.82, 2.24) is 24.5 Å². The molecule has 1 N–H and O–H groups in total. The molecule has 15 heteroatoms. The molecule has 3 aromatic rings. The van der Waals surface area contributed by atoms with Gasteiger partial charge in [0.15, 0.2) is 0 Å². The fourth-order valence-electron chi connectivity index (χ4n) is 5.19. The number of hydrogen-bond donors (Lipinski definition) is 1. The molecule has 9 nitrogen and oxygen atoms in total. The van der Waals surface area contributed by atoms with E-state index in [-0.39, 0.29) is 23.3 Å². The minimum atomic E-state index is -4.47. The van der Waals surface area contributed by atoms with Crippen LogP contribution in [0.5, 0.6) is 6.01 Å². The third-order valence-electron chi connectivity index (χ3n) is 7.42. The van der Waals surface area contributed by atoms with Crippen LogP contribution in [0.1, 0.15) is 43.4 Å². The van der Waals surface area contributed by atoms with Crippen molar-refractivity contribution in [3.05, 3.63) is 58.1 Å². The number of carbonyl (C=O) groups is 1. The lowest BCUT2D eigenvalue weighted by molar-refractivity contribution is -0.137. The number of likely N-dealkylation sites (tertiary alicyclic amines) is 1. The molecular weight excluding hydrogens is 627 g/mol. The predicted octanol–water partition coefficient (Wildman–Crippen LogP) is 5.21. The Hall–Kier alpha value is -2.78. The Balaban J connectivity index is 1.31. The number of piperidine rings is 1. The largest absolute Gasteiger partial charge is 0.462 e. The number of amides is 1. The second-order valence-electron chi connectivity index (χ2n) is 10.4. The van der Waals surface area contributed by atoms with Crippen molar-refractivity contribution in [3.8, 4) is 17.3 Å². The number of benzene rings is 1. The summed E-state index contributed by atoms with van der Waals surface area (Å²) >= 11 is 6.87. The lowest BCUT2D eigenvalue weighted by Gasteiger charge is -2.26. The fourth-order valence-corrected chi connectivity index (χ4v) is 8.46. The number of sulfonamides is 1. The highest BCUT2D eigenvalue weighted by Gasteiger charge is 2.40. The van der Waals surface area contributed by atoms with Crippen LogP contribution in [0.3, 0.4) is 0 Å². The number of carbonyl (C=O) groups excluding carboxylic acids is 1. The molecule has 5 rings (SSSR count). The third kappa shape index (κ3) is 7.85. The lowest BCUT2D eigenvalue weighted by Crippen LogP contribution is -2.45. The normalized spacial score (nSPS) is 18.6. The Labute approximate surface area is 257 Å². The molecule has 1 aromatic carbocycles. The molecule has 4 heterocycles. The van der Waals surface area contributed by atoms with Crippen LogP contribution in [0.25, 0.3) is 11.3 Å². The minimum absolute atomic E-state index is 0.0401. The Morgan fingerprint density at radius 3 is 2.47 bits per heavy atom. The Kier molecular flexibility index (Phi) is 9.91. The van der Waals surface area contributed by atoms with Crippen LogP contribution in [-0.4, -0.2) is 72.3 Å². The fraction of sp³-hybridized carbons (Fsp3) is 0.464. The maximum atomic E-state index is 13.2. The van der Waals surface area contributed by atoms with Crippen molar-refractivity contribution in [3.63, 3.8) is 0 Å². The minimum Gasteiger partial charge on any atom is -0.462 e. The van der Waals surface area contributed by atoms with Gasteiger partial charge in [0.2, 0.25) is 5.91 Å². The molecule has 2 aliphatic rings. The predicted molar refractivity (Wildman–Crippen MR) is 156 cm³/mol. The van der Waals surface area contributed by atoms with Gasteiger partial charge in [-0.25, -0.2) is 8.42 Å². The van der Waals surface area contributed by atoms with Crippen molar-refractivity contribution in [2.45, 2.75) is 55.1 Å². The molecule has 2 aromatic heterocycles. The zero-order valence-electron chi connectivity index (χ0n) is 23.1. The number of nitrogens with one attached hydrogen (secondary N) is 1. The van der Waals surface area contributed by atoms with Gasteiger partial charge >= 0.3 is 12.2 Å². The first-order chi connectivity index (χ1) is 20.5. The summed E-state index contributed by atoms with van der Waals surface area (Å²) in [4.78, 5) is 24.3. The molecule has 0 saturated carbocycles. The van der Waals surface area contributed by atoms with E-state index < -0.39 is 33.7 Å². The maximum absolute atomic E-state index is 13.2. The third-order valence-corrected chi connectivity index (χ3v) is 11.0. The zero-order chi connectivity index (χ0) is 30.6. The van der Waals surface area contributed by atoms with Crippen LogP contribution >= 0.6 is 22.9 Å². The van der Waals surface area contributed by atoms with Gasteiger partial charge in [-0.2, -0.15) is 27.4 Å². The van der Waals surface area contributed by atoms with Gasteiger partial charge in [-0.15, -0.1) is 11.3 Å². The first-order valence-electron chi connectivity index (χ1n) is 14.0. The number of ether oxygens (including phenoxy) is 1. The first kappa shape index (κ1) is 31.6. The molecule has 0 unspecified atom stereocenters. The number of rotatable bonds is 10. The molecule has 0 radical (unpaired) electrons. The average molecular weight is 658 g/mol. The van der Waals surface area contributed by atoms with Crippen molar-refractivity contribution in [2.24, 2.45) is 0 Å². The van der Waals surface area contributed by atoms with Crippen LogP contribution in [0.15, 0.2) is 46.7 Å². The Morgan fingerprint density at radius 1 is 1.05 bits per heavy atom. The number of alkyl halides is 3. The topological polar surface area (TPSA) is 105 Å². The highest BCUT2D eigenvalue weighted by atomic mass is 35.5. The van der Waals surface area contributed by atoms with Crippen LogP contribution in [0, 0.1) is 0 Å². The van der Waals surface area contributed by atoms with Crippen molar-refractivity contribution >= 4 is 38.9 Å². The standard InChI is InChI=1S/C28H31ClF3N5O4S2/c29-24-10-11-25(42-24)43(39,40)37-14-4-5-23(37)26(38)33-18-21-17-22(19-6-8-20(9-7-19)28(30,31)32)35-27(34-21)41-16-15-36-12-2-1-3-13-36/h6-11,17,23H,1-5,12-16,18H2,(H,33,38)/t23-/m0/s1. The average Bonchev–Trinajstić information content (AvgIpc) is 3.67. The van der Waals surface area contributed by atoms with E-state index in [0.717, 1.165) is 49.4 Å². The summed E-state index contributed by atoms with van der Waals surface area (Å²) in [6.45, 7) is 3.12. The molecule has 0 bridgehead atoms. The highest BCUT2D eigenvalue weighted by molar-refractivity contribution is 7.91. The van der Waals surface area contributed by atoms with Gasteiger partial charge in [-0.1, -0.05) is 30.2 Å². The SMILES string of the molecule is O=C(NCc1cc(-c2ccc(C(F)(F)F)cc2)nc(OCCN2CCCCC2)n1)[C@@H]1CCCN1S(=O)(=O)c1ccc(Cl)s1. The summed E-state index contributed by atoms with van der Waals surface area (Å²) in [6, 6.07) is 8.23. The summed E-state index contributed by atoms with van der Waals surface area (Å²) in [6.07, 6.45) is -0.126. The molecule has 232 valence electrons. The molecule has 1 amide bonds. The van der Waals surface area contributed by atoms with Gasteiger partial charge in [-0.3, -0.25) is 9.69 Å². The van der Waals surface area contributed by atoms with Crippen LogP contribution < -0.4 is 10.1 Å². The summed E-state index contributed by atoms with van der Waals surface area (Å²) in [5.41, 5.74) is 0.340.